The predicted octanol–water partition coefficient (Wildman–Crippen LogP) is 3.54. The zero-order chi connectivity index (χ0) is 15.4. The molecule has 1 aromatic carbocycles. The topological polar surface area (TPSA) is 66.9 Å². The molecule has 0 aliphatic carbocycles. The maximum atomic E-state index is 12.2. The Morgan fingerprint density at radius 3 is 2.38 bits per heavy atom. The van der Waals surface area contributed by atoms with Gasteiger partial charge in [0.25, 0.3) is 5.91 Å². The summed E-state index contributed by atoms with van der Waals surface area (Å²) in [6.45, 7) is 6.64. The highest BCUT2D eigenvalue weighted by atomic mass is 79.9. The van der Waals surface area contributed by atoms with Crippen LogP contribution >= 0.6 is 15.9 Å². The van der Waals surface area contributed by atoms with Crippen LogP contribution in [-0.2, 0) is 0 Å². The van der Waals surface area contributed by atoms with Crippen LogP contribution in [0.1, 0.15) is 28.5 Å². The van der Waals surface area contributed by atoms with Crippen molar-refractivity contribution < 1.29 is 4.79 Å². The molecule has 110 valence electrons. The summed E-state index contributed by atoms with van der Waals surface area (Å²) in [6.07, 6.45) is 0. The van der Waals surface area contributed by atoms with E-state index in [1.165, 1.54) is 0 Å². The van der Waals surface area contributed by atoms with Crippen molar-refractivity contribution >= 4 is 33.3 Å². The molecule has 0 fully saturated rings. The van der Waals surface area contributed by atoms with Crippen LogP contribution in [0.4, 0.5) is 11.5 Å². The fourth-order valence-electron chi connectivity index (χ4n) is 2.01. The minimum Gasteiger partial charge on any atom is -0.369 e. The zero-order valence-corrected chi connectivity index (χ0v) is 13.8. The van der Waals surface area contributed by atoms with E-state index >= 15 is 0 Å². The molecule has 0 saturated carbocycles. The summed E-state index contributed by atoms with van der Waals surface area (Å²) >= 11 is 3.44. The number of hydrogen-bond donors (Lipinski definition) is 2. The third kappa shape index (κ3) is 3.78. The number of halogens is 1. The molecule has 0 radical (unpaired) electrons. The van der Waals surface area contributed by atoms with Crippen molar-refractivity contribution in [3.63, 3.8) is 0 Å². The largest absolute Gasteiger partial charge is 0.369 e. The molecule has 2 N–H and O–H groups in total. The maximum Gasteiger partial charge on any atom is 0.276 e. The van der Waals surface area contributed by atoms with Crippen molar-refractivity contribution in [3.05, 3.63) is 45.6 Å². The Labute approximate surface area is 132 Å². The number of aryl methyl sites for hydroxylation is 2. The average molecular weight is 349 g/mol. The van der Waals surface area contributed by atoms with E-state index in [1.54, 1.807) is 12.1 Å². The van der Waals surface area contributed by atoms with Gasteiger partial charge in [0.1, 0.15) is 5.82 Å². The number of aromatic nitrogens is 2. The maximum absolute atomic E-state index is 12.2. The quantitative estimate of drug-likeness (QED) is 0.886. The van der Waals surface area contributed by atoms with Crippen LogP contribution in [0.15, 0.2) is 28.7 Å². The van der Waals surface area contributed by atoms with E-state index in [1.807, 2.05) is 32.9 Å². The van der Waals surface area contributed by atoms with E-state index in [0.29, 0.717) is 11.5 Å². The highest BCUT2D eigenvalue weighted by molar-refractivity contribution is 9.10. The molecule has 0 spiro atoms. The van der Waals surface area contributed by atoms with Crippen LogP contribution in [0.5, 0.6) is 0 Å². The number of rotatable bonds is 4. The molecule has 1 heterocycles. The SMILES string of the molecule is CCNc1ccc(C(=O)Nc2c(C)cc(Br)cc2C)nn1. The van der Waals surface area contributed by atoms with Crippen molar-refractivity contribution in [1.29, 1.82) is 0 Å². The van der Waals surface area contributed by atoms with E-state index in [0.717, 1.165) is 27.8 Å². The molecule has 0 aliphatic rings. The summed E-state index contributed by atoms with van der Waals surface area (Å²) in [4.78, 5) is 12.2. The van der Waals surface area contributed by atoms with Crippen molar-refractivity contribution in [1.82, 2.24) is 10.2 Å². The number of amides is 1. The first-order valence-electron chi connectivity index (χ1n) is 6.67. The first-order chi connectivity index (χ1) is 10.0. The minimum absolute atomic E-state index is 0.265. The van der Waals surface area contributed by atoms with Crippen LogP contribution in [0.3, 0.4) is 0 Å². The van der Waals surface area contributed by atoms with E-state index in [9.17, 15) is 4.79 Å². The Morgan fingerprint density at radius 2 is 1.86 bits per heavy atom. The summed E-state index contributed by atoms with van der Waals surface area (Å²) < 4.78 is 0.991. The number of carbonyl (C=O) groups is 1. The molecule has 21 heavy (non-hydrogen) atoms. The summed E-state index contributed by atoms with van der Waals surface area (Å²) in [5.41, 5.74) is 3.08. The normalized spacial score (nSPS) is 10.3. The monoisotopic (exact) mass is 348 g/mol. The Hall–Kier alpha value is -1.95. The lowest BCUT2D eigenvalue weighted by Gasteiger charge is -2.12. The number of nitrogens with one attached hydrogen (secondary N) is 2. The Morgan fingerprint density at radius 1 is 1.19 bits per heavy atom. The molecule has 1 amide bonds. The van der Waals surface area contributed by atoms with Crippen molar-refractivity contribution in [2.45, 2.75) is 20.8 Å². The summed E-state index contributed by atoms with van der Waals surface area (Å²) in [5, 5.41) is 13.8. The van der Waals surface area contributed by atoms with Gasteiger partial charge in [-0.15, -0.1) is 10.2 Å². The lowest BCUT2D eigenvalue weighted by molar-refractivity contribution is 0.102. The highest BCUT2D eigenvalue weighted by Crippen LogP contribution is 2.25. The molecular formula is C15H17BrN4O. The third-order valence-corrected chi connectivity index (χ3v) is 3.45. The lowest BCUT2D eigenvalue weighted by Crippen LogP contribution is -2.16. The smallest absolute Gasteiger partial charge is 0.276 e. The second-order valence-corrected chi connectivity index (χ2v) is 5.62. The second-order valence-electron chi connectivity index (χ2n) is 4.70. The average Bonchev–Trinajstić information content (AvgIpc) is 2.43. The molecule has 1 aromatic heterocycles. The van der Waals surface area contributed by atoms with Crippen LogP contribution in [-0.4, -0.2) is 22.6 Å². The number of benzene rings is 1. The van der Waals surface area contributed by atoms with Gasteiger partial charge in [-0.05, 0) is 56.2 Å². The number of carbonyl (C=O) groups excluding carboxylic acids is 1. The van der Waals surface area contributed by atoms with Crippen LogP contribution in [0, 0.1) is 13.8 Å². The van der Waals surface area contributed by atoms with Gasteiger partial charge in [0.15, 0.2) is 5.69 Å². The van der Waals surface area contributed by atoms with Crippen LogP contribution < -0.4 is 10.6 Å². The molecule has 2 rings (SSSR count). The first-order valence-corrected chi connectivity index (χ1v) is 7.46. The van der Waals surface area contributed by atoms with E-state index in [-0.39, 0.29) is 5.91 Å². The highest BCUT2D eigenvalue weighted by Gasteiger charge is 2.12. The number of nitrogens with zero attached hydrogens (tertiary/aromatic N) is 2. The second kappa shape index (κ2) is 6.67. The lowest BCUT2D eigenvalue weighted by atomic mass is 10.1. The molecule has 2 aromatic rings. The van der Waals surface area contributed by atoms with Gasteiger partial charge in [-0.3, -0.25) is 4.79 Å². The molecule has 0 unspecified atom stereocenters. The fraction of sp³-hybridized carbons (Fsp3) is 0.267. The summed E-state index contributed by atoms with van der Waals surface area (Å²) in [6, 6.07) is 7.32. The number of anilines is 2. The summed E-state index contributed by atoms with van der Waals surface area (Å²) in [7, 11) is 0. The van der Waals surface area contributed by atoms with Gasteiger partial charge in [0.05, 0.1) is 0 Å². The molecule has 0 aliphatic heterocycles. The van der Waals surface area contributed by atoms with E-state index in [2.05, 4.69) is 36.8 Å². The molecule has 0 atom stereocenters. The van der Waals surface area contributed by atoms with Crippen LogP contribution in [0.25, 0.3) is 0 Å². The molecular weight excluding hydrogens is 332 g/mol. The predicted molar refractivity (Wildman–Crippen MR) is 87.8 cm³/mol. The van der Waals surface area contributed by atoms with Gasteiger partial charge in [-0.1, -0.05) is 15.9 Å². The van der Waals surface area contributed by atoms with E-state index < -0.39 is 0 Å². The molecule has 0 bridgehead atoms. The Balaban J connectivity index is 2.18. The fourth-order valence-corrected chi connectivity index (χ4v) is 2.70. The van der Waals surface area contributed by atoms with Crippen molar-refractivity contribution in [2.24, 2.45) is 0 Å². The standard InChI is InChI=1S/C15H17BrN4O/c1-4-17-13-6-5-12(19-20-13)15(21)18-14-9(2)7-11(16)8-10(14)3/h5-8H,4H2,1-3H3,(H,17,20)(H,18,21). The number of hydrogen-bond acceptors (Lipinski definition) is 4. The van der Waals surface area contributed by atoms with Crippen molar-refractivity contribution in [2.75, 3.05) is 17.2 Å². The molecule has 6 heteroatoms. The van der Waals surface area contributed by atoms with Gasteiger partial charge < -0.3 is 10.6 Å². The van der Waals surface area contributed by atoms with Gasteiger partial charge in [-0.2, -0.15) is 0 Å². The van der Waals surface area contributed by atoms with Gasteiger partial charge in [0, 0.05) is 16.7 Å². The van der Waals surface area contributed by atoms with Gasteiger partial charge >= 0.3 is 0 Å². The van der Waals surface area contributed by atoms with E-state index in [4.69, 9.17) is 0 Å². The van der Waals surface area contributed by atoms with Crippen molar-refractivity contribution in [3.8, 4) is 0 Å². The molecule has 5 nitrogen and oxygen atoms in total. The third-order valence-electron chi connectivity index (χ3n) is 2.99. The minimum atomic E-state index is -0.265. The zero-order valence-electron chi connectivity index (χ0n) is 12.2. The van der Waals surface area contributed by atoms with Crippen LogP contribution in [0.2, 0.25) is 0 Å². The van der Waals surface area contributed by atoms with Gasteiger partial charge in [0.2, 0.25) is 0 Å². The van der Waals surface area contributed by atoms with Gasteiger partial charge in [-0.25, -0.2) is 0 Å². The Bertz CT molecular complexity index is 632. The summed E-state index contributed by atoms with van der Waals surface area (Å²) in [5.74, 6) is 0.393. The first kappa shape index (κ1) is 15.4. The Kier molecular flexibility index (Phi) is 4.90. The molecule has 0 saturated heterocycles.